The number of carboxylic acid groups (broad SMARTS) is 2. The minimum Gasteiger partial charge on any atom is -0.481 e. The van der Waals surface area contributed by atoms with E-state index in [0.717, 1.165) is 20.0 Å². The smallest absolute Gasteiger partial charge is 0.317 e. The van der Waals surface area contributed by atoms with Crippen LogP contribution in [0.4, 0.5) is 0 Å². The van der Waals surface area contributed by atoms with E-state index in [1.54, 1.807) is 11.9 Å². The van der Waals surface area contributed by atoms with Crippen molar-refractivity contribution in [3.05, 3.63) is 0 Å². The van der Waals surface area contributed by atoms with Crippen LogP contribution in [0.5, 0.6) is 0 Å². The van der Waals surface area contributed by atoms with Gasteiger partial charge in [0.25, 0.3) is 5.97 Å². The summed E-state index contributed by atoms with van der Waals surface area (Å²) >= 11 is 0. The Hall–Kier alpha value is -1.14. The van der Waals surface area contributed by atoms with Gasteiger partial charge < -0.3 is 15.1 Å². The molecule has 0 heterocycles. The minimum atomic E-state index is -0.833. The number of aliphatic carboxylic acids is 2. The summed E-state index contributed by atoms with van der Waals surface area (Å²) in [6, 6.07) is 0. The van der Waals surface area contributed by atoms with Crippen molar-refractivity contribution in [3.63, 3.8) is 0 Å². The molecule has 0 aromatic rings. The van der Waals surface area contributed by atoms with Crippen molar-refractivity contribution < 1.29 is 19.8 Å². The first-order valence-electron chi connectivity index (χ1n) is 4.50. The summed E-state index contributed by atoms with van der Waals surface area (Å²) in [6.45, 7) is 2.89. The normalized spacial score (nSPS) is 9.73. The van der Waals surface area contributed by atoms with Crippen LogP contribution in [0.15, 0.2) is 0 Å². The van der Waals surface area contributed by atoms with Crippen LogP contribution in [-0.2, 0) is 9.59 Å². The summed E-state index contributed by atoms with van der Waals surface area (Å²) in [6.07, 6.45) is 0. The molecule has 0 atom stereocenters. The molecule has 0 rings (SSSR count). The molecule has 0 fully saturated rings. The van der Waals surface area contributed by atoms with Gasteiger partial charge in [-0.15, -0.1) is 0 Å². The van der Waals surface area contributed by atoms with E-state index in [1.807, 2.05) is 19.0 Å². The highest BCUT2D eigenvalue weighted by Crippen LogP contribution is 1.82. The Kier molecular flexibility index (Phi) is 10.2. The lowest BCUT2D eigenvalue weighted by atomic mass is 10.5. The molecule has 0 aromatic heterocycles. The lowest BCUT2D eigenvalue weighted by Crippen LogP contribution is -2.32. The fourth-order valence-corrected chi connectivity index (χ4v) is 0.681. The predicted octanol–water partition coefficient (Wildman–Crippen LogP) is -0.345. The Morgan fingerprint density at radius 3 is 1.73 bits per heavy atom. The summed E-state index contributed by atoms with van der Waals surface area (Å²) in [7, 11) is 5.74. The lowest BCUT2D eigenvalue weighted by Gasteiger charge is -2.16. The van der Waals surface area contributed by atoms with Gasteiger partial charge in [0.2, 0.25) is 0 Å². The molecule has 90 valence electrons. The highest BCUT2D eigenvalue weighted by molar-refractivity contribution is 5.68. The second kappa shape index (κ2) is 9.42. The topological polar surface area (TPSA) is 81.1 Å². The molecule has 0 aliphatic heterocycles. The molecular formula is C9H20N2O4. The number of hydrogen-bond acceptors (Lipinski definition) is 4. The predicted molar refractivity (Wildman–Crippen MR) is 57.0 cm³/mol. The third-order valence-corrected chi connectivity index (χ3v) is 1.33. The van der Waals surface area contributed by atoms with Gasteiger partial charge in [-0.05, 0) is 21.1 Å². The van der Waals surface area contributed by atoms with Crippen molar-refractivity contribution >= 4 is 11.9 Å². The molecule has 6 nitrogen and oxygen atoms in total. The highest BCUT2D eigenvalue weighted by atomic mass is 16.4. The Balaban J connectivity index is 0. The van der Waals surface area contributed by atoms with Gasteiger partial charge in [-0.1, -0.05) is 0 Å². The van der Waals surface area contributed by atoms with E-state index in [4.69, 9.17) is 15.0 Å². The van der Waals surface area contributed by atoms with E-state index < -0.39 is 11.9 Å². The van der Waals surface area contributed by atoms with Crippen LogP contribution in [0.25, 0.3) is 0 Å². The van der Waals surface area contributed by atoms with Crippen LogP contribution in [0, 0.1) is 0 Å². The van der Waals surface area contributed by atoms with Crippen LogP contribution >= 0.6 is 0 Å². The molecular weight excluding hydrogens is 200 g/mol. The van der Waals surface area contributed by atoms with Gasteiger partial charge in [-0.2, -0.15) is 0 Å². The van der Waals surface area contributed by atoms with E-state index in [-0.39, 0.29) is 6.54 Å². The maximum Gasteiger partial charge on any atom is 0.317 e. The van der Waals surface area contributed by atoms with Crippen LogP contribution < -0.4 is 0 Å². The van der Waals surface area contributed by atoms with Gasteiger partial charge in [0.1, 0.15) is 0 Å². The van der Waals surface area contributed by atoms with Gasteiger partial charge in [0, 0.05) is 20.0 Å². The fraction of sp³-hybridized carbons (Fsp3) is 0.778. The van der Waals surface area contributed by atoms with E-state index in [9.17, 15) is 4.79 Å². The third kappa shape index (κ3) is 24.6. The Labute approximate surface area is 90.1 Å². The third-order valence-electron chi connectivity index (χ3n) is 1.33. The second-order valence-electron chi connectivity index (χ2n) is 3.45. The van der Waals surface area contributed by atoms with Crippen molar-refractivity contribution in [3.8, 4) is 0 Å². The average molecular weight is 220 g/mol. The quantitative estimate of drug-likeness (QED) is 0.659. The number of likely N-dealkylation sites (N-methyl/N-ethyl adjacent to an activating group) is 2. The van der Waals surface area contributed by atoms with E-state index in [0.29, 0.717) is 0 Å². The molecule has 0 spiro atoms. The van der Waals surface area contributed by atoms with Crippen LogP contribution in [-0.4, -0.2) is 72.7 Å². The molecule has 0 bridgehead atoms. The highest BCUT2D eigenvalue weighted by Gasteiger charge is 2.03. The molecule has 6 heteroatoms. The van der Waals surface area contributed by atoms with Crippen molar-refractivity contribution in [1.29, 1.82) is 0 Å². The molecule has 15 heavy (non-hydrogen) atoms. The number of nitrogens with zero attached hydrogens (tertiary/aromatic N) is 2. The van der Waals surface area contributed by atoms with Crippen molar-refractivity contribution in [2.75, 3.05) is 40.8 Å². The van der Waals surface area contributed by atoms with Crippen LogP contribution in [0.3, 0.4) is 0 Å². The first kappa shape index (κ1) is 16.3. The zero-order valence-corrected chi connectivity index (χ0v) is 9.73. The molecule has 0 saturated carbocycles. The molecule has 0 unspecified atom stereocenters. The minimum absolute atomic E-state index is 0.119. The maximum absolute atomic E-state index is 10.2. The molecule has 0 amide bonds. The Morgan fingerprint density at radius 1 is 1.07 bits per heavy atom. The van der Waals surface area contributed by atoms with Crippen LogP contribution in [0.1, 0.15) is 6.92 Å². The van der Waals surface area contributed by atoms with E-state index in [2.05, 4.69) is 0 Å². The second-order valence-corrected chi connectivity index (χ2v) is 3.45. The maximum atomic E-state index is 10.2. The zero-order chi connectivity index (χ0) is 12.4. The summed E-state index contributed by atoms with van der Waals surface area (Å²) < 4.78 is 0. The van der Waals surface area contributed by atoms with Gasteiger partial charge in [0.05, 0.1) is 6.54 Å². The first-order chi connectivity index (χ1) is 6.75. The number of carboxylic acids is 2. The number of rotatable bonds is 5. The van der Waals surface area contributed by atoms with Gasteiger partial charge in [-0.3, -0.25) is 14.5 Å². The monoisotopic (exact) mass is 220 g/mol. The van der Waals surface area contributed by atoms with Crippen molar-refractivity contribution in [1.82, 2.24) is 9.80 Å². The summed E-state index contributed by atoms with van der Waals surface area (Å²) in [5, 5.41) is 15.8. The standard InChI is InChI=1S/C7H16N2O2.C2H4O2/c1-8(2)4-5-9(3)6-7(10)11;1-2(3)4/h4-6H2,1-3H3,(H,10,11);1H3,(H,3,4). The largest absolute Gasteiger partial charge is 0.481 e. The summed E-state index contributed by atoms with van der Waals surface area (Å²) in [5.41, 5.74) is 0. The number of hydrogen-bond donors (Lipinski definition) is 2. The van der Waals surface area contributed by atoms with Gasteiger partial charge in [-0.25, -0.2) is 0 Å². The van der Waals surface area contributed by atoms with Crippen molar-refractivity contribution in [2.45, 2.75) is 6.92 Å². The van der Waals surface area contributed by atoms with Gasteiger partial charge in [0.15, 0.2) is 0 Å². The molecule has 0 saturated heterocycles. The van der Waals surface area contributed by atoms with E-state index >= 15 is 0 Å². The first-order valence-corrected chi connectivity index (χ1v) is 4.50. The number of carbonyl (C=O) groups is 2. The van der Waals surface area contributed by atoms with Crippen LogP contribution in [0.2, 0.25) is 0 Å². The molecule has 0 radical (unpaired) electrons. The average Bonchev–Trinajstić information content (AvgIpc) is 1.98. The lowest BCUT2D eigenvalue weighted by molar-refractivity contribution is -0.138. The Morgan fingerprint density at radius 2 is 1.47 bits per heavy atom. The fourth-order valence-electron chi connectivity index (χ4n) is 0.681. The molecule has 0 aliphatic carbocycles. The summed E-state index contributed by atoms with van der Waals surface area (Å²) in [4.78, 5) is 23.0. The van der Waals surface area contributed by atoms with Gasteiger partial charge >= 0.3 is 5.97 Å². The van der Waals surface area contributed by atoms with E-state index in [1.165, 1.54) is 0 Å². The molecule has 2 N–H and O–H groups in total. The summed E-state index contributed by atoms with van der Waals surface area (Å²) in [5.74, 6) is -1.61. The van der Waals surface area contributed by atoms with Crippen molar-refractivity contribution in [2.24, 2.45) is 0 Å². The Bertz CT molecular complexity index is 191. The SMILES string of the molecule is CC(=O)O.CN(C)CCN(C)CC(=O)O. The zero-order valence-electron chi connectivity index (χ0n) is 9.73. The molecule has 0 aromatic carbocycles. The molecule has 0 aliphatic rings.